The standard InChI is InChI=1S/C16H25ClN2O4S/c1-2-3-4-5-6-7-8-9-10-13-15(24(18,22)23)12-11-14(17)16(13)19(20)21/h11-12H,2-10H2,1H3,(H2,18,22,23). The van der Waals surface area contributed by atoms with Crippen molar-refractivity contribution < 1.29 is 13.3 Å². The van der Waals surface area contributed by atoms with Gasteiger partial charge in [0.25, 0.3) is 5.69 Å². The summed E-state index contributed by atoms with van der Waals surface area (Å²) >= 11 is 5.88. The number of benzene rings is 1. The minimum atomic E-state index is -4.03. The topological polar surface area (TPSA) is 103 Å². The number of nitro benzene ring substituents is 1. The molecule has 0 saturated heterocycles. The molecule has 0 heterocycles. The van der Waals surface area contributed by atoms with Crippen LogP contribution in [0.1, 0.15) is 63.9 Å². The van der Waals surface area contributed by atoms with Gasteiger partial charge in [-0.3, -0.25) is 10.1 Å². The lowest BCUT2D eigenvalue weighted by molar-refractivity contribution is -0.385. The lowest BCUT2D eigenvalue weighted by Gasteiger charge is -2.10. The van der Waals surface area contributed by atoms with Crippen molar-refractivity contribution >= 4 is 27.3 Å². The van der Waals surface area contributed by atoms with Gasteiger partial charge in [0, 0.05) is 0 Å². The Balaban J connectivity index is 2.75. The van der Waals surface area contributed by atoms with Crippen molar-refractivity contribution in [1.29, 1.82) is 0 Å². The van der Waals surface area contributed by atoms with Gasteiger partial charge in [-0.1, -0.05) is 63.5 Å². The van der Waals surface area contributed by atoms with Gasteiger partial charge in [-0.15, -0.1) is 0 Å². The van der Waals surface area contributed by atoms with Gasteiger partial charge in [0.1, 0.15) is 5.02 Å². The number of halogens is 1. The number of hydrogen-bond acceptors (Lipinski definition) is 4. The van der Waals surface area contributed by atoms with E-state index in [4.69, 9.17) is 16.7 Å². The van der Waals surface area contributed by atoms with Crippen LogP contribution in [0.5, 0.6) is 0 Å². The van der Waals surface area contributed by atoms with E-state index in [1.165, 1.54) is 37.8 Å². The fourth-order valence-corrected chi connectivity index (χ4v) is 3.78. The SMILES string of the molecule is CCCCCCCCCCc1c(S(N)(=O)=O)ccc(Cl)c1[N+](=O)[O-]. The lowest BCUT2D eigenvalue weighted by atomic mass is 10.0. The third-order valence-electron chi connectivity index (χ3n) is 3.96. The van der Waals surface area contributed by atoms with Crippen LogP contribution in [0.4, 0.5) is 5.69 Å². The predicted octanol–water partition coefficient (Wildman–Crippen LogP) is 4.58. The van der Waals surface area contributed by atoms with Crippen LogP contribution in [0.2, 0.25) is 5.02 Å². The van der Waals surface area contributed by atoms with E-state index in [-0.39, 0.29) is 27.6 Å². The molecule has 2 N–H and O–H groups in total. The molecule has 0 aromatic heterocycles. The number of sulfonamides is 1. The summed E-state index contributed by atoms with van der Waals surface area (Å²) in [4.78, 5) is 10.4. The smallest absolute Gasteiger partial charge is 0.258 e. The molecule has 0 radical (unpaired) electrons. The number of rotatable bonds is 11. The summed E-state index contributed by atoms with van der Waals surface area (Å²) in [6.45, 7) is 2.17. The van der Waals surface area contributed by atoms with Crippen molar-refractivity contribution in [3.05, 3.63) is 32.8 Å². The summed E-state index contributed by atoms with van der Waals surface area (Å²) in [5.41, 5.74) is -0.243. The molecule has 1 aromatic rings. The number of nitro groups is 1. The van der Waals surface area contributed by atoms with Crippen molar-refractivity contribution in [2.24, 2.45) is 5.14 Å². The lowest BCUT2D eigenvalue weighted by Crippen LogP contribution is -2.16. The molecule has 24 heavy (non-hydrogen) atoms. The third kappa shape index (κ3) is 6.37. The van der Waals surface area contributed by atoms with E-state index in [0.29, 0.717) is 6.42 Å². The zero-order chi connectivity index (χ0) is 18.2. The zero-order valence-corrected chi connectivity index (χ0v) is 15.5. The van der Waals surface area contributed by atoms with E-state index in [1.54, 1.807) is 0 Å². The highest BCUT2D eigenvalue weighted by Crippen LogP contribution is 2.34. The quantitative estimate of drug-likeness (QED) is 0.346. The largest absolute Gasteiger partial charge is 0.292 e. The molecule has 8 heteroatoms. The van der Waals surface area contributed by atoms with Gasteiger partial charge in [0.15, 0.2) is 0 Å². The van der Waals surface area contributed by atoms with E-state index >= 15 is 0 Å². The van der Waals surface area contributed by atoms with Crippen LogP contribution in [0.15, 0.2) is 17.0 Å². The number of nitrogens with two attached hydrogens (primary N) is 1. The fraction of sp³-hybridized carbons (Fsp3) is 0.625. The maximum Gasteiger partial charge on any atom is 0.292 e. The molecular weight excluding hydrogens is 352 g/mol. The summed E-state index contributed by atoms with van der Waals surface area (Å²) in [5, 5.41) is 16.4. The average molecular weight is 377 g/mol. The van der Waals surface area contributed by atoms with Gasteiger partial charge in [0.2, 0.25) is 10.0 Å². The normalized spacial score (nSPS) is 11.6. The zero-order valence-electron chi connectivity index (χ0n) is 14.0. The van der Waals surface area contributed by atoms with Gasteiger partial charge < -0.3 is 0 Å². The molecular formula is C16H25ClN2O4S. The monoisotopic (exact) mass is 376 g/mol. The Bertz CT molecular complexity index is 662. The molecule has 0 saturated carbocycles. The third-order valence-corrected chi connectivity index (χ3v) is 5.26. The Kier molecular flexibility index (Phi) is 8.66. The summed E-state index contributed by atoms with van der Waals surface area (Å²) in [7, 11) is -4.03. The van der Waals surface area contributed by atoms with Gasteiger partial charge in [-0.05, 0) is 25.0 Å². The molecule has 1 rings (SSSR count). The van der Waals surface area contributed by atoms with Crippen LogP contribution in [-0.2, 0) is 16.4 Å². The second-order valence-electron chi connectivity index (χ2n) is 5.90. The second-order valence-corrected chi connectivity index (χ2v) is 7.84. The first-order chi connectivity index (χ1) is 11.3. The Labute approximate surface area is 148 Å². The minimum Gasteiger partial charge on any atom is -0.258 e. The molecule has 0 spiro atoms. The highest BCUT2D eigenvalue weighted by molar-refractivity contribution is 7.89. The van der Waals surface area contributed by atoms with Crippen LogP contribution < -0.4 is 5.14 Å². The summed E-state index contributed by atoms with van der Waals surface area (Å²) in [6.07, 6.45) is 8.85. The first-order valence-electron chi connectivity index (χ1n) is 8.27. The van der Waals surface area contributed by atoms with Crippen LogP contribution in [0, 0.1) is 10.1 Å². The molecule has 0 amide bonds. The highest BCUT2D eigenvalue weighted by Gasteiger charge is 2.26. The van der Waals surface area contributed by atoms with Crippen molar-refractivity contribution in [2.45, 2.75) is 69.6 Å². The number of hydrogen-bond donors (Lipinski definition) is 1. The van der Waals surface area contributed by atoms with E-state index in [1.807, 2.05) is 0 Å². The molecule has 0 aliphatic heterocycles. The molecule has 136 valence electrons. The molecule has 0 bridgehead atoms. The molecule has 0 fully saturated rings. The maximum absolute atomic E-state index is 11.7. The minimum absolute atomic E-state index is 0.0676. The number of primary sulfonamides is 1. The van der Waals surface area contributed by atoms with Gasteiger partial charge in [-0.25, -0.2) is 13.6 Å². The number of unbranched alkanes of at least 4 members (excludes halogenated alkanes) is 7. The second kappa shape index (κ2) is 9.96. The van der Waals surface area contributed by atoms with Crippen LogP contribution in [0.3, 0.4) is 0 Å². The maximum atomic E-state index is 11.7. The predicted molar refractivity (Wildman–Crippen MR) is 95.8 cm³/mol. The van der Waals surface area contributed by atoms with E-state index < -0.39 is 14.9 Å². The molecule has 0 aliphatic carbocycles. The van der Waals surface area contributed by atoms with Crippen LogP contribution in [-0.4, -0.2) is 13.3 Å². The van der Waals surface area contributed by atoms with Crippen LogP contribution >= 0.6 is 11.6 Å². The Morgan fingerprint density at radius 1 is 1.08 bits per heavy atom. The van der Waals surface area contributed by atoms with Crippen LogP contribution in [0.25, 0.3) is 0 Å². The van der Waals surface area contributed by atoms with Crippen molar-refractivity contribution in [3.8, 4) is 0 Å². The molecule has 0 atom stereocenters. The average Bonchev–Trinajstić information content (AvgIpc) is 2.48. The highest BCUT2D eigenvalue weighted by atomic mass is 35.5. The molecule has 6 nitrogen and oxygen atoms in total. The van der Waals surface area contributed by atoms with Crippen molar-refractivity contribution in [1.82, 2.24) is 0 Å². The summed E-state index contributed by atoms with van der Waals surface area (Å²) < 4.78 is 23.4. The fourth-order valence-electron chi connectivity index (χ4n) is 2.73. The Morgan fingerprint density at radius 2 is 1.62 bits per heavy atom. The van der Waals surface area contributed by atoms with E-state index in [0.717, 1.165) is 19.3 Å². The van der Waals surface area contributed by atoms with Gasteiger partial charge in [-0.2, -0.15) is 0 Å². The first kappa shape index (κ1) is 20.9. The van der Waals surface area contributed by atoms with E-state index in [2.05, 4.69) is 6.92 Å². The number of nitrogens with zero attached hydrogens (tertiary/aromatic N) is 1. The molecule has 0 aliphatic rings. The van der Waals surface area contributed by atoms with Gasteiger partial charge >= 0.3 is 0 Å². The van der Waals surface area contributed by atoms with Gasteiger partial charge in [0.05, 0.1) is 15.4 Å². The van der Waals surface area contributed by atoms with Crippen molar-refractivity contribution in [2.75, 3.05) is 0 Å². The summed E-state index contributed by atoms with van der Waals surface area (Å²) in [5.74, 6) is 0. The summed E-state index contributed by atoms with van der Waals surface area (Å²) in [6, 6.07) is 2.45. The first-order valence-corrected chi connectivity index (χ1v) is 10.2. The van der Waals surface area contributed by atoms with E-state index in [9.17, 15) is 18.5 Å². The Hall–Kier alpha value is -1.18. The molecule has 1 aromatic carbocycles. The Morgan fingerprint density at radius 3 is 2.12 bits per heavy atom. The van der Waals surface area contributed by atoms with Crippen molar-refractivity contribution in [3.63, 3.8) is 0 Å². The molecule has 0 unspecified atom stereocenters.